The second kappa shape index (κ2) is 3.21. The van der Waals surface area contributed by atoms with Crippen molar-refractivity contribution in [3.8, 4) is 0 Å². The lowest BCUT2D eigenvalue weighted by atomic mass is 9.86. The maximum absolute atomic E-state index is 4.25. The van der Waals surface area contributed by atoms with Crippen molar-refractivity contribution in [1.29, 1.82) is 0 Å². The summed E-state index contributed by atoms with van der Waals surface area (Å²) in [6.45, 7) is 8.68. The Hall–Kier alpha value is -0.920. The molecule has 0 N–H and O–H groups in total. The quantitative estimate of drug-likeness (QED) is 0.636. The largest absolute Gasteiger partial charge is 0.244 e. The average molecular weight is 164 g/mol. The fourth-order valence-electron chi connectivity index (χ4n) is 1.26. The summed E-state index contributed by atoms with van der Waals surface area (Å²) in [4.78, 5) is 8.30. The van der Waals surface area contributed by atoms with E-state index in [9.17, 15) is 0 Å². The van der Waals surface area contributed by atoms with Gasteiger partial charge in [-0.25, -0.2) is 9.97 Å². The van der Waals surface area contributed by atoms with Crippen LogP contribution in [0.3, 0.4) is 0 Å². The Balaban J connectivity index is 3.14. The van der Waals surface area contributed by atoms with Gasteiger partial charge in [0.15, 0.2) is 0 Å². The first-order valence-electron chi connectivity index (χ1n) is 4.35. The highest BCUT2D eigenvalue weighted by Gasteiger charge is 2.17. The molecule has 1 heterocycles. The van der Waals surface area contributed by atoms with E-state index in [2.05, 4.69) is 37.7 Å². The molecule has 0 aliphatic carbocycles. The number of nitrogens with zero attached hydrogens (tertiary/aromatic N) is 2. The van der Waals surface area contributed by atoms with Gasteiger partial charge in [-0.1, -0.05) is 27.7 Å². The van der Waals surface area contributed by atoms with Gasteiger partial charge in [-0.3, -0.25) is 0 Å². The Morgan fingerprint density at radius 2 is 2.00 bits per heavy atom. The van der Waals surface area contributed by atoms with Crippen molar-refractivity contribution >= 4 is 0 Å². The van der Waals surface area contributed by atoms with Gasteiger partial charge in [0.2, 0.25) is 0 Å². The van der Waals surface area contributed by atoms with E-state index in [4.69, 9.17) is 0 Å². The van der Waals surface area contributed by atoms with Crippen LogP contribution < -0.4 is 0 Å². The molecule has 1 rings (SSSR count). The smallest absolute Gasteiger partial charge is 0.115 e. The average Bonchev–Trinajstić information content (AvgIpc) is 2.03. The van der Waals surface area contributed by atoms with Crippen LogP contribution in [0.25, 0.3) is 0 Å². The van der Waals surface area contributed by atoms with Gasteiger partial charge in [0.05, 0.1) is 0 Å². The number of hydrogen-bond donors (Lipinski definition) is 0. The third kappa shape index (κ3) is 1.81. The van der Waals surface area contributed by atoms with Crippen molar-refractivity contribution in [1.82, 2.24) is 9.97 Å². The molecule has 12 heavy (non-hydrogen) atoms. The van der Waals surface area contributed by atoms with Gasteiger partial charge in [0.1, 0.15) is 6.33 Å². The third-order valence-electron chi connectivity index (χ3n) is 1.94. The molecule has 0 bridgehead atoms. The Labute approximate surface area is 74.1 Å². The molecule has 2 heteroatoms. The standard InChI is InChI=1S/C10H16N2/c1-5-9-8(10(2,3)4)6-11-7-12-9/h6-7H,5H2,1-4H3. The van der Waals surface area contributed by atoms with Crippen molar-refractivity contribution < 1.29 is 0 Å². The first kappa shape index (κ1) is 9.17. The van der Waals surface area contributed by atoms with E-state index < -0.39 is 0 Å². The first-order chi connectivity index (χ1) is 5.55. The summed E-state index contributed by atoms with van der Waals surface area (Å²) in [5, 5.41) is 0. The van der Waals surface area contributed by atoms with Crippen molar-refractivity contribution in [2.24, 2.45) is 0 Å². The summed E-state index contributed by atoms with van der Waals surface area (Å²) in [7, 11) is 0. The van der Waals surface area contributed by atoms with E-state index in [1.54, 1.807) is 6.33 Å². The monoisotopic (exact) mass is 164 g/mol. The molecule has 1 aromatic rings. The van der Waals surface area contributed by atoms with Gasteiger partial charge < -0.3 is 0 Å². The fourth-order valence-corrected chi connectivity index (χ4v) is 1.26. The summed E-state index contributed by atoms with van der Waals surface area (Å²) in [5.74, 6) is 0. The molecule has 0 fully saturated rings. The molecule has 0 unspecified atom stereocenters. The molecule has 0 aromatic carbocycles. The molecule has 0 saturated heterocycles. The number of aromatic nitrogens is 2. The van der Waals surface area contributed by atoms with E-state index in [1.165, 1.54) is 5.56 Å². The van der Waals surface area contributed by atoms with Crippen LogP contribution in [0.15, 0.2) is 12.5 Å². The van der Waals surface area contributed by atoms with Crippen LogP contribution in [0.1, 0.15) is 39.0 Å². The lowest BCUT2D eigenvalue weighted by Gasteiger charge is -2.20. The van der Waals surface area contributed by atoms with Gasteiger partial charge in [-0.2, -0.15) is 0 Å². The predicted octanol–water partition coefficient (Wildman–Crippen LogP) is 2.34. The van der Waals surface area contributed by atoms with E-state index in [1.807, 2.05) is 6.20 Å². The fraction of sp³-hybridized carbons (Fsp3) is 0.600. The highest BCUT2D eigenvalue weighted by atomic mass is 14.8. The van der Waals surface area contributed by atoms with Crippen molar-refractivity contribution in [3.05, 3.63) is 23.8 Å². The minimum Gasteiger partial charge on any atom is -0.244 e. The lowest BCUT2D eigenvalue weighted by molar-refractivity contribution is 0.574. The molecule has 0 radical (unpaired) electrons. The summed E-state index contributed by atoms with van der Waals surface area (Å²) < 4.78 is 0. The molecule has 0 aliphatic heterocycles. The van der Waals surface area contributed by atoms with Gasteiger partial charge in [0, 0.05) is 11.9 Å². The topological polar surface area (TPSA) is 25.8 Å². The second-order valence-electron chi connectivity index (χ2n) is 3.99. The summed E-state index contributed by atoms with van der Waals surface area (Å²) in [6, 6.07) is 0. The first-order valence-corrected chi connectivity index (χ1v) is 4.35. The van der Waals surface area contributed by atoms with E-state index in [0.717, 1.165) is 12.1 Å². The zero-order valence-corrected chi connectivity index (χ0v) is 8.26. The van der Waals surface area contributed by atoms with Crippen molar-refractivity contribution in [3.63, 3.8) is 0 Å². The number of aryl methyl sites for hydroxylation is 1. The molecule has 0 spiro atoms. The number of rotatable bonds is 1. The molecule has 66 valence electrons. The van der Waals surface area contributed by atoms with Crippen LogP contribution in [0.2, 0.25) is 0 Å². The molecule has 1 aromatic heterocycles. The van der Waals surface area contributed by atoms with Crippen LogP contribution in [0.5, 0.6) is 0 Å². The van der Waals surface area contributed by atoms with Gasteiger partial charge in [-0.15, -0.1) is 0 Å². The van der Waals surface area contributed by atoms with E-state index in [0.29, 0.717) is 0 Å². The summed E-state index contributed by atoms with van der Waals surface area (Å²) in [6.07, 6.45) is 4.52. The Morgan fingerprint density at radius 1 is 1.33 bits per heavy atom. The summed E-state index contributed by atoms with van der Waals surface area (Å²) in [5.41, 5.74) is 2.58. The van der Waals surface area contributed by atoms with Crippen LogP contribution in [0, 0.1) is 0 Å². The van der Waals surface area contributed by atoms with E-state index in [-0.39, 0.29) is 5.41 Å². The lowest BCUT2D eigenvalue weighted by Crippen LogP contribution is -2.15. The van der Waals surface area contributed by atoms with Crippen LogP contribution in [-0.4, -0.2) is 9.97 Å². The normalized spacial score (nSPS) is 11.7. The Morgan fingerprint density at radius 3 is 2.42 bits per heavy atom. The molecule has 0 aliphatic rings. The Bertz CT molecular complexity index is 261. The number of hydrogen-bond acceptors (Lipinski definition) is 2. The maximum Gasteiger partial charge on any atom is 0.115 e. The molecule has 2 nitrogen and oxygen atoms in total. The molecular weight excluding hydrogens is 148 g/mol. The molecule has 0 amide bonds. The molecule has 0 saturated carbocycles. The second-order valence-corrected chi connectivity index (χ2v) is 3.99. The highest BCUT2D eigenvalue weighted by Crippen LogP contribution is 2.23. The zero-order valence-electron chi connectivity index (χ0n) is 8.26. The highest BCUT2D eigenvalue weighted by molar-refractivity contribution is 5.23. The SMILES string of the molecule is CCc1ncncc1C(C)(C)C. The minimum absolute atomic E-state index is 0.159. The summed E-state index contributed by atoms with van der Waals surface area (Å²) >= 11 is 0. The van der Waals surface area contributed by atoms with Crippen molar-refractivity contribution in [2.75, 3.05) is 0 Å². The molecular formula is C10H16N2. The Kier molecular flexibility index (Phi) is 2.46. The van der Waals surface area contributed by atoms with Gasteiger partial charge in [-0.05, 0) is 17.4 Å². The van der Waals surface area contributed by atoms with Crippen LogP contribution >= 0.6 is 0 Å². The van der Waals surface area contributed by atoms with Crippen LogP contribution in [-0.2, 0) is 11.8 Å². The minimum atomic E-state index is 0.159. The van der Waals surface area contributed by atoms with E-state index >= 15 is 0 Å². The third-order valence-corrected chi connectivity index (χ3v) is 1.94. The van der Waals surface area contributed by atoms with Crippen molar-refractivity contribution in [2.45, 2.75) is 39.5 Å². The molecule has 0 atom stereocenters. The predicted molar refractivity (Wildman–Crippen MR) is 50.1 cm³/mol. The maximum atomic E-state index is 4.25. The van der Waals surface area contributed by atoms with Gasteiger partial charge >= 0.3 is 0 Å². The van der Waals surface area contributed by atoms with Crippen LogP contribution in [0.4, 0.5) is 0 Å². The zero-order chi connectivity index (χ0) is 9.19. The van der Waals surface area contributed by atoms with Gasteiger partial charge in [0.25, 0.3) is 0 Å².